The molecule has 2 nitrogen and oxygen atoms in total. The average Bonchev–Trinajstić information content (AvgIpc) is 2.60. The largest absolute Gasteiger partial charge is 0.289 e. The van der Waals surface area contributed by atoms with Gasteiger partial charge in [-0.25, -0.2) is 4.98 Å². The van der Waals surface area contributed by atoms with Gasteiger partial charge in [0.15, 0.2) is 5.78 Å². The van der Waals surface area contributed by atoms with Gasteiger partial charge in [0.05, 0.1) is 11.0 Å². The Morgan fingerprint density at radius 3 is 2.46 bits per heavy atom. The number of hydrogen-bond donors (Lipinski definition) is 0. The molecule has 0 bridgehead atoms. The predicted octanol–water partition coefficient (Wildman–Crippen LogP) is 5.22. The molecule has 0 radical (unpaired) electrons. The second kappa shape index (κ2) is 4.51. The molecule has 5 rings (SSSR count). The number of aromatic nitrogens is 1. The molecule has 1 aromatic heterocycles. The van der Waals surface area contributed by atoms with Gasteiger partial charge in [0, 0.05) is 27.5 Å². The lowest BCUT2D eigenvalue weighted by atomic mass is 9.81. The van der Waals surface area contributed by atoms with Gasteiger partial charge >= 0.3 is 0 Å². The number of carbonyl (C=O) groups is 1. The van der Waals surface area contributed by atoms with Crippen LogP contribution in [0.4, 0.5) is 0 Å². The molecule has 0 N–H and O–H groups in total. The summed E-state index contributed by atoms with van der Waals surface area (Å²) in [5.74, 6) is 0.0944. The first-order valence-electron chi connectivity index (χ1n) is 8.13. The van der Waals surface area contributed by atoms with E-state index in [1.807, 2.05) is 30.3 Å². The quantitative estimate of drug-likeness (QED) is 0.367. The van der Waals surface area contributed by atoms with Gasteiger partial charge in [-0.1, -0.05) is 42.0 Å². The third-order valence-corrected chi connectivity index (χ3v) is 4.97. The lowest BCUT2D eigenvalue weighted by Crippen LogP contribution is -2.11. The van der Waals surface area contributed by atoms with Crippen LogP contribution in [0.25, 0.3) is 32.9 Å². The Balaban J connectivity index is 2.14. The van der Waals surface area contributed by atoms with E-state index in [1.54, 1.807) is 0 Å². The molecule has 2 heteroatoms. The fraction of sp³-hybridized carbons (Fsp3) is 0.0909. The number of aryl methyl sites for hydroxylation is 2. The Bertz CT molecular complexity index is 1190. The molecule has 0 aliphatic heterocycles. The standard InChI is InChI=1S/C22H15NO/c1-12-7-10-18-17(11-12)19-14-5-3-4-6-15(14)22(24)16-9-8-13(2)21(23-18)20(16)19/h3-11H,1-2H3. The molecule has 0 amide bonds. The molecule has 3 aromatic carbocycles. The van der Waals surface area contributed by atoms with Crippen molar-refractivity contribution >= 4 is 27.6 Å². The van der Waals surface area contributed by atoms with E-state index in [4.69, 9.17) is 4.98 Å². The molecule has 0 saturated carbocycles. The van der Waals surface area contributed by atoms with Gasteiger partial charge in [0.25, 0.3) is 0 Å². The molecular formula is C22H15NO. The second-order valence-corrected chi connectivity index (χ2v) is 6.54. The first-order chi connectivity index (χ1) is 11.6. The van der Waals surface area contributed by atoms with E-state index in [0.29, 0.717) is 0 Å². The molecule has 0 spiro atoms. The first kappa shape index (κ1) is 13.4. The van der Waals surface area contributed by atoms with Gasteiger partial charge in [-0.3, -0.25) is 4.79 Å². The minimum Gasteiger partial charge on any atom is -0.289 e. The van der Waals surface area contributed by atoms with Crippen molar-refractivity contribution in [2.24, 2.45) is 0 Å². The fourth-order valence-electron chi connectivity index (χ4n) is 3.81. The number of benzene rings is 3. The lowest BCUT2D eigenvalue weighted by molar-refractivity contribution is 0.104. The second-order valence-electron chi connectivity index (χ2n) is 6.54. The zero-order valence-corrected chi connectivity index (χ0v) is 13.6. The van der Waals surface area contributed by atoms with E-state index in [9.17, 15) is 4.79 Å². The number of rotatable bonds is 0. The van der Waals surface area contributed by atoms with Crippen molar-refractivity contribution < 1.29 is 4.79 Å². The van der Waals surface area contributed by atoms with Crippen molar-refractivity contribution in [2.75, 3.05) is 0 Å². The minimum atomic E-state index is 0.0944. The number of hydrogen-bond acceptors (Lipinski definition) is 2. The van der Waals surface area contributed by atoms with Crippen LogP contribution in [0, 0.1) is 13.8 Å². The Kier molecular flexibility index (Phi) is 2.53. The molecule has 114 valence electrons. The van der Waals surface area contributed by atoms with Gasteiger partial charge in [-0.2, -0.15) is 0 Å². The predicted molar refractivity (Wildman–Crippen MR) is 97.6 cm³/mol. The zero-order chi connectivity index (χ0) is 16.4. The number of pyridine rings is 1. The zero-order valence-electron chi connectivity index (χ0n) is 13.6. The van der Waals surface area contributed by atoms with Crippen LogP contribution >= 0.6 is 0 Å². The van der Waals surface area contributed by atoms with Gasteiger partial charge in [-0.15, -0.1) is 0 Å². The van der Waals surface area contributed by atoms with Gasteiger partial charge < -0.3 is 0 Å². The summed E-state index contributed by atoms with van der Waals surface area (Å²) in [6, 6.07) is 18.2. The topological polar surface area (TPSA) is 30.0 Å². The van der Waals surface area contributed by atoms with Crippen molar-refractivity contribution in [2.45, 2.75) is 13.8 Å². The number of fused-ring (bicyclic) bond motifs is 4. The van der Waals surface area contributed by atoms with E-state index in [1.165, 1.54) is 5.56 Å². The highest BCUT2D eigenvalue weighted by molar-refractivity contribution is 6.29. The average molecular weight is 309 g/mol. The Hall–Kier alpha value is -3.00. The van der Waals surface area contributed by atoms with Crippen LogP contribution in [0.5, 0.6) is 0 Å². The van der Waals surface area contributed by atoms with E-state index in [-0.39, 0.29) is 5.78 Å². The summed E-state index contributed by atoms with van der Waals surface area (Å²) < 4.78 is 0. The van der Waals surface area contributed by atoms with Crippen LogP contribution in [-0.4, -0.2) is 10.8 Å². The summed E-state index contributed by atoms with van der Waals surface area (Å²) in [7, 11) is 0. The van der Waals surface area contributed by atoms with E-state index in [2.05, 4.69) is 38.1 Å². The third kappa shape index (κ3) is 1.60. The number of ketones is 1. The normalized spacial score (nSPS) is 12.7. The molecular weight excluding hydrogens is 294 g/mol. The summed E-state index contributed by atoms with van der Waals surface area (Å²) in [6.07, 6.45) is 0. The molecule has 4 aromatic rings. The van der Waals surface area contributed by atoms with E-state index < -0.39 is 0 Å². The molecule has 1 aliphatic rings. The first-order valence-corrected chi connectivity index (χ1v) is 8.13. The molecule has 0 atom stereocenters. The summed E-state index contributed by atoms with van der Waals surface area (Å²) in [5, 5.41) is 2.12. The maximum absolute atomic E-state index is 13.0. The molecule has 1 aliphatic carbocycles. The van der Waals surface area contributed by atoms with Crippen LogP contribution in [0.2, 0.25) is 0 Å². The molecule has 0 saturated heterocycles. The molecule has 0 unspecified atom stereocenters. The van der Waals surface area contributed by atoms with Crippen LogP contribution in [0.1, 0.15) is 27.0 Å². The summed E-state index contributed by atoms with van der Waals surface area (Å²) >= 11 is 0. The lowest BCUT2D eigenvalue weighted by Gasteiger charge is -2.22. The van der Waals surface area contributed by atoms with Crippen LogP contribution in [0.3, 0.4) is 0 Å². The van der Waals surface area contributed by atoms with Crippen molar-refractivity contribution in [3.05, 3.63) is 76.9 Å². The number of nitrogens with zero attached hydrogens (tertiary/aromatic N) is 1. The summed E-state index contributed by atoms with van der Waals surface area (Å²) in [4.78, 5) is 17.9. The van der Waals surface area contributed by atoms with E-state index >= 15 is 0 Å². The Labute approximate surface area is 139 Å². The van der Waals surface area contributed by atoms with Gasteiger partial charge in [-0.05, 0) is 43.2 Å². The molecule has 24 heavy (non-hydrogen) atoms. The highest BCUT2D eigenvalue weighted by atomic mass is 16.1. The monoisotopic (exact) mass is 309 g/mol. The van der Waals surface area contributed by atoms with Crippen molar-refractivity contribution in [3.63, 3.8) is 0 Å². The third-order valence-electron chi connectivity index (χ3n) is 4.97. The summed E-state index contributed by atoms with van der Waals surface area (Å²) in [5.41, 5.74) is 7.92. The maximum Gasteiger partial charge on any atom is 0.194 e. The van der Waals surface area contributed by atoms with Crippen LogP contribution in [0.15, 0.2) is 54.6 Å². The summed E-state index contributed by atoms with van der Waals surface area (Å²) in [6.45, 7) is 4.15. The van der Waals surface area contributed by atoms with Gasteiger partial charge in [0.2, 0.25) is 0 Å². The number of carbonyl (C=O) groups excluding carboxylic acids is 1. The van der Waals surface area contributed by atoms with Crippen molar-refractivity contribution in [3.8, 4) is 11.1 Å². The van der Waals surface area contributed by atoms with Crippen LogP contribution < -0.4 is 0 Å². The highest BCUT2D eigenvalue weighted by Gasteiger charge is 2.27. The van der Waals surface area contributed by atoms with Gasteiger partial charge in [0.1, 0.15) is 0 Å². The maximum atomic E-state index is 13.0. The van der Waals surface area contributed by atoms with E-state index in [0.717, 1.165) is 49.6 Å². The Morgan fingerprint density at radius 2 is 1.62 bits per heavy atom. The van der Waals surface area contributed by atoms with Crippen molar-refractivity contribution in [1.82, 2.24) is 4.98 Å². The molecule has 0 fully saturated rings. The molecule has 1 heterocycles. The highest BCUT2D eigenvalue weighted by Crippen LogP contribution is 2.43. The smallest absolute Gasteiger partial charge is 0.194 e. The van der Waals surface area contributed by atoms with Crippen molar-refractivity contribution in [1.29, 1.82) is 0 Å². The Morgan fingerprint density at radius 1 is 0.833 bits per heavy atom. The SMILES string of the molecule is Cc1ccc2nc3c(C)ccc4c3c(c2c1)-c1ccccc1C4=O. The van der Waals surface area contributed by atoms with Crippen LogP contribution in [-0.2, 0) is 0 Å². The fourth-order valence-corrected chi connectivity index (χ4v) is 3.81. The minimum absolute atomic E-state index is 0.0944.